The first-order valence-electron chi connectivity index (χ1n) is 6.69. The predicted octanol–water partition coefficient (Wildman–Crippen LogP) is 1.13. The molecule has 1 aromatic carbocycles. The molecular formula is C15H19N3O3. The average Bonchev–Trinajstić information content (AvgIpc) is 2.37. The Bertz CT molecular complexity index is 575. The fraction of sp³-hybridized carbons (Fsp3) is 0.333. The summed E-state index contributed by atoms with van der Waals surface area (Å²) in [7, 11) is 1.46. The number of hydrogen-bond acceptors (Lipinski definition) is 4. The monoisotopic (exact) mass is 289 g/mol. The molecule has 0 unspecified atom stereocenters. The van der Waals surface area contributed by atoms with Crippen LogP contribution in [0.3, 0.4) is 0 Å². The van der Waals surface area contributed by atoms with Crippen molar-refractivity contribution >= 4 is 23.2 Å². The van der Waals surface area contributed by atoms with Crippen LogP contribution in [-0.4, -0.2) is 38.6 Å². The summed E-state index contributed by atoms with van der Waals surface area (Å²) >= 11 is 0. The number of methoxy groups -OCH3 is 1. The maximum Gasteiger partial charge on any atom is 0.251 e. The van der Waals surface area contributed by atoms with Crippen molar-refractivity contribution in [2.45, 2.75) is 6.92 Å². The highest BCUT2D eigenvalue weighted by atomic mass is 16.5. The van der Waals surface area contributed by atoms with Crippen LogP contribution in [-0.2, 0) is 14.3 Å². The van der Waals surface area contributed by atoms with E-state index < -0.39 is 0 Å². The third kappa shape index (κ3) is 4.14. The van der Waals surface area contributed by atoms with Crippen molar-refractivity contribution < 1.29 is 14.3 Å². The van der Waals surface area contributed by atoms with Crippen molar-refractivity contribution in [2.75, 3.05) is 37.4 Å². The summed E-state index contributed by atoms with van der Waals surface area (Å²) in [6.45, 7) is 3.35. The number of ether oxygens (including phenoxy) is 1. The van der Waals surface area contributed by atoms with E-state index in [0.717, 1.165) is 24.2 Å². The van der Waals surface area contributed by atoms with Gasteiger partial charge in [-0.2, -0.15) is 0 Å². The molecule has 1 saturated heterocycles. The molecule has 1 aliphatic rings. The minimum Gasteiger partial charge on any atom is -0.375 e. The second-order valence-electron chi connectivity index (χ2n) is 4.85. The maximum atomic E-state index is 12.1. The minimum absolute atomic E-state index is 0.00517. The Hall–Kier alpha value is -2.18. The van der Waals surface area contributed by atoms with Gasteiger partial charge in [0.05, 0.1) is 0 Å². The fourth-order valence-corrected chi connectivity index (χ4v) is 1.90. The highest BCUT2D eigenvalue weighted by Gasteiger charge is 2.16. The molecule has 1 fully saturated rings. The molecule has 3 N–H and O–H groups in total. The van der Waals surface area contributed by atoms with Crippen molar-refractivity contribution in [3.8, 4) is 0 Å². The maximum absolute atomic E-state index is 12.1. The number of carbonyl (C=O) groups excluding carboxylic acids is 2. The van der Waals surface area contributed by atoms with Crippen molar-refractivity contribution in [3.05, 3.63) is 35.4 Å². The van der Waals surface area contributed by atoms with Crippen molar-refractivity contribution in [2.24, 2.45) is 0 Å². The number of nitrogens with one attached hydrogen (secondary N) is 3. The molecule has 112 valence electrons. The van der Waals surface area contributed by atoms with Crippen molar-refractivity contribution in [1.82, 2.24) is 5.32 Å². The Labute approximate surface area is 123 Å². The van der Waals surface area contributed by atoms with Gasteiger partial charge in [-0.05, 0) is 30.7 Å². The van der Waals surface area contributed by atoms with Crippen LogP contribution in [0.5, 0.6) is 0 Å². The van der Waals surface area contributed by atoms with Gasteiger partial charge in [-0.1, -0.05) is 6.07 Å². The molecule has 1 aromatic rings. The van der Waals surface area contributed by atoms with Gasteiger partial charge in [-0.3, -0.25) is 9.59 Å². The number of benzene rings is 1. The van der Waals surface area contributed by atoms with Crippen LogP contribution in [0.1, 0.15) is 6.92 Å². The highest BCUT2D eigenvalue weighted by molar-refractivity contribution is 6.04. The van der Waals surface area contributed by atoms with Gasteiger partial charge < -0.3 is 20.7 Å². The van der Waals surface area contributed by atoms with Crippen LogP contribution < -0.4 is 16.0 Å². The largest absolute Gasteiger partial charge is 0.375 e. The Morgan fingerprint density at radius 2 is 1.90 bits per heavy atom. The van der Waals surface area contributed by atoms with Crippen molar-refractivity contribution in [3.63, 3.8) is 0 Å². The second kappa shape index (κ2) is 7.01. The molecule has 6 heteroatoms. The van der Waals surface area contributed by atoms with Gasteiger partial charge in [0.1, 0.15) is 6.61 Å². The SMILES string of the molecule is COCC(=O)Nc1cccc(NC(=O)C(C)=C2CNC2)c1. The molecule has 2 rings (SSSR count). The summed E-state index contributed by atoms with van der Waals surface area (Å²) in [4.78, 5) is 23.5. The van der Waals surface area contributed by atoms with Gasteiger partial charge in [0.15, 0.2) is 0 Å². The summed E-state index contributed by atoms with van der Waals surface area (Å²) in [6, 6.07) is 7.01. The van der Waals surface area contributed by atoms with E-state index in [1.54, 1.807) is 24.3 Å². The molecule has 0 bridgehead atoms. The average molecular weight is 289 g/mol. The Morgan fingerprint density at radius 1 is 1.24 bits per heavy atom. The van der Waals surface area contributed by atoms with E-state index in [9.17, 15) is 9.59 Å². The summed E-state index contributed by atoms with van der Waals surface area (Å²) in [5, 5.41) is 8.63. The topological polar surface area (TPSA) is 79.5 Å². The Morgan fingerprint density at radius 3 is 2.48 bits per heavy atom. The zero-order chi connectivity index (χ0) is 15.2. The van der Waals surface area contributed by atoms with Crippen LogP contribution in [0.25, 0.3) is 0 Å². The molecule has 1 aliphatic heterocycles. The van der Waals surface area contributed by atoms with Gasteiger partial charge in [0.2, 0.25) is 5.91 Å². The van der Waals surface area contributed by atoms with Crippen LogP contribution in [0.2, 0.25) is 0 Å². The van der Waals surface area contributed by atoms with Gasteiger partial charge in [0.25, 0.3) is 5.91 Å². The quantitative estimate of drug-likeness (QED) is 0.710. The lowest BCUT2D eigenvalue weighted by Gasteiger charge is -2.21. The Kier molecular flexibility index (Phi) is 5.08. The smallest absolute Gasteiger partial charge is 0.251 e. The molecule has 2 amide bonds. The summed E-state index contributed by atoms with van der Waals surface area (Å²) in [5.41, 5.74) is 3.12. The zero-order valence-corrected chi connectivity index (χ0v) is 12.2. The standard InChI is InChI=1S/C15H19N3O3/c1-10(11-7-16-8-11)15(20)18-13-5-3-4-12(6-13)17-14(19)9-21-2/h3-6,16H,7-9H2,1-2H3,(H,17,19)(H,18,20). The van der Waals surface area contributed by atoms with Crippen LogP contribution in [0.15, 0.2) is 35.4 Å². The number of carbonyl (C=O) groups is 2. The molecule has 6 nitrogen and oxygen atoms in total. The van der Waals surface area contributed by atoms with E-state index in [1.807, 2.05) is 6.92 Å². The van der Waals surface area contributed by atoms with E-state index in [-0.39, 0.29) is 18.4 Å². The van der Waals surface area contributed by atoms with Gasteiger partial charge in [-0.15, -0.1) is 0 Å². The highest BCUT2D eigenvalue weighted by Crippen LogP contribution is 2.17. The van der Waals surface area contributed by atoms with Gasteiger partial charge >= 0.3 is 0 Å². The van der Waals surface area contributed by atoms with Crippen LogP contribution in [0, 0.1) is 0 Å². The molecule has 0 saturated carbocycles. The summed E-state index contributed by atoms with van der Waals surface area (Å²) in [5.74, 6) is -0.355. The molecule has 0 aliphatic carbocycles. The second-order valence-corrected chi connectivity index (χ2v) is 4.85. The molecule has 0 atom stereocenters. The van der Waals surface area contributed by atoms with Crippen LogP contribution in [0.4, 0.5) is 11.4 Å². The molecule has 0 radical (unpaired) electrons. The molecule has 1 heterocycles. The first-order valence-corrected chi connectivity index (χ1v) is 6.69. The molecular weight excluding hydrogens is 270 g/mol. The fourth-order valence-electron chi connectivity index (χ4n) is 1.90. The van der Waals surface area contributed by atoms with E-state index in [1.165, 1.54) is 7.11 Å². The lowest BCUT2D eigenvalue weighted by molar-refractivity contribution is -0.119. The number of anilines is 2. The first-order chi connectivity index (χ1) is 10.1. The van der Waals surface area contributed by atoms with Crippen molar-refractivity contribution in [1.29, 1.82) is 0 Å². The first kappa shape index (κ1) is 15.2. The van der Waals surface area contributed by atoms with E-state index in [4.69, 9.17) is 4.74 Å². The van der Waals surface area contributed by atoms with Crippen LogP contribution >= 0.6 is 0 Å². The predicted molar refractivity (Wildman–Crippen MR) is 81.1 cm³/mol. The molecule has 0 spiro atoms. The molecule has 0 aromatic heterocycles. The Balaban J connectivity index is 2.00. The zero-order valence-electron chi connectivity index (χ0n) is 12.2. The molecule has 21 heavy (non-hydrogen) atoms. The third-order valence-corrected chi connectivity index (χ3v) is 3.23. The normalized spacial score (nSPS) is 13.3. The lowest BCUT2D eigenvalue weighted by Crippen LogP contribution is -2.36. The summed E-state index contributed by atoms with van der Waals surface area (Å²) < 4.78 is 4.75. The third-order valence-electron chi connectivity index (χ3n) is 3.23. The number of hydrogen-bond donors (Lipinski definition) is 3. The number of amides is 2. The van der Waals surface area contributed by atoms with E-state index in [2.05, 4.69) is 16.0 Å². The van der Waals surface area contributed by atoms with Gasteiger partial charge in [0, 0.05) is 37.1 Å². The van der Waals surface area contributed by atoms with Gasteiger partial charge in [-0.25, -0.2) is 0 Å². The van der Waals surface area contributed by atoms with E-state index >= 15 is 0 Å². The van der Waals surface area contributed by atoms with E-state index in [0.29, 0.717) is 11.4 Å². The lowest BCUT2D eigenvalue weighted by atomic mass is 10.0. The summed E-state index contributed by atoms with van der Waals surface area (Å²) in [6.07, 6.45) is 0. The number of rotatable bonds is 5. The minimum atomic E-state index is -0.236.